The first kappa shape index (κ1) is 21.2. The van der Waals surface area contributed by atoms with E-state index in [1.54, 1.807) is 0 Å². The number of hydrogen-bond donors (Lipinski definition) is 0. The normalized spacial score (nSPS) is 12.1. The fraction of sp³-hybridized carbons (Fsp3) is 0.357. The fourth-order valence-electron chi connectivity index (χ4n) is 4.81. The summed E-state index contributed by atoms with van der Waals surface area (Å²) in [5.74, 6) is 0. The zero-order valence-electron chi connectivity index (χ0n) is 19.3. The number of nitrogens with zero attached hydrogens (tertiary/aromatic N) is 1. The predicted octanol–water partition coefficient (Wildman–Crippen LogP) is 8.04. The van der Waals surface area contributed by atoms with Crippen LogP contribution in [0.2, 0.25) is 0 Å². The monoisotopic (exact) mass is 385 g/mol. The van der Waals surface area contributed by atoms with E-state index in [-0.39, 0.29) is 11.1 Å². The van der Waals surface area contributed by atoms with E-state index in [0.717, 1.165) is 0 Å². The zero-order valence-corrected chi connectivity index (χ0v) is 19.3. The molecule has 0 atom stereocenters. The van der Waals surface area contributed by atoms with Gasteiger partial charge in [-0.05, 0) is 77.6 Å². The fourth-order valence-corrected chi connectivity index (χ4v) is 4.81. The Morgan fingerprint density at radius 1 is 0.552 bits per heavy atom. The molecule has 0 saturated heterocycles. The highest BCUT2D eigenvalue weighted by Crippen LogP contribution is 2.48. The molecule has 0 amide bonds. The van der Waals surface area contributed by atoms with Crippen LogP contribution in [0.25, 0.3) is 22.3 Å². The molecule has 1 nitrogen and oxygen atoms in total. The average molecular weight is 386 g/mol. The molecule has 0 aromatic heterocycles. The second-order valence-electron chi connectivity index (χ2n) is 10.0. The number of rotatable bonds is 3. The van der Waals surface area contributed by atoms with Gasteiger partial charge in [-0.25, -0.2) is 0 Å². The highest BCUT2D eigenvalue weighted by molar-refractivity contribution is 5.95. The van der Waals surface area contributed by atoms with Gasteiger partial charge in [-0.3, -0.25) is 0 Å². The number of anilines is 1. The van der Waals surface area contributed by atoms with Gasteiger partial charge in [0.15, 0.2) is 0 Å². The summed E-state index contributed by atoms with van der Waals surface area (Å²) in [5, 5.41) is 0. The average Bonchev–Trinajstić information content (AvgIpc) is 2.61. The Morgan fingerprint density at radius 3 is 1.21 bits per heavy atom. The molecule has 0 aliphatic rings. The van der Waals surface area contributed by atoms with Crippen molar-refractivity contribution in [3.8, 4) is 22.3 Å². The highest BCUT2D eigenvalue weighted by Gasteiger charge is 2.36. The first-order valence-electron chi connectivity index (χ1n) is 10.6. The van der Waals surface area contributed by atoms with Crippen LogP contribution in [0.3, 0.4) is 0 Å². The maximum Gasteiger partial charge on any atom is 0.0539 e. The first-order chi connectivity index (χ1) is 13.5. The maximum atomic E-state index is 2.62. The van der Waals surface area contributed by atoms with Gasteiger partial charge >= 0.3 is 0 Å². The van der Waals surface area contributed by atoms with Crippen molar-refractivity contribution in [3.05, 3.63) is 77.9 Å². The Hall–Kier alpha value is -2.54. The molecule has 0 unspecified atom stereocenters. The lowest BCUT2D eigenvalue weighted by Crippen LogP contribution is -2.53. The lowest BCUT2D eigenvalue weighted by atomic mass is 9.84. The van der Waals surface area contributed by atoms with Crippen molar-refractivity contribution in [2.45, 2.75) is 66.5 Å². The predicted molar refractivity (Wildman–Crippen MR) is 129 cm³/mol. The van der Waals surface area contributed by atoms with Gasteiger partial charge in [0.1, 0.15) is 0 Å². The van der Waals surface area contributed by atoms with Crippen molar-refractivity contribution in [3.63, 3.8) is 0 Å². The number of hydrogen-bond acceptors (Lipinski definition) is 1. The Morgan fingerprint density at radius 2 is 0.897 bits per heavy atom. The molecule has 0 aliphatic heterocycles. The third-order valence-electron chi connectivity index (χ3n) is 5.39. The Balaban J connectivity index is 2.51. The minimum Gasteiger partial charge on any atom is -0.361 e. The van der Waals surface area contributed by atoms with E-state index < -0.39 is 0 Å². The van der Waals surface area contributed by atoms with Gasteiger partial charge in [0.2, 0.25) is 0 Å². The van der Waals surface area contributed by atoms with Crippen molar-refractivity contribution < 1.29 is 0 Å². The first-order valence-corrected chi connectivity index (χ1v) is 10.6. The molecular weight excluding hydrogens is 350 g/mol. The van der Waals surface area contributed by atoms with Gasteiger partial charge in [0.25, 0.3) is 0 Å². The molecule has 0 spiro atoms. The van der Waals surface area contributed by atoms with Crippen LogP contribution >= 0.6 is 0 Å². The Bertz CT molecular complexity index is 893. The summed E-state index contributed by atoms with van der Waals surface area (Å²) >= 11 is 0. The van der Waals surface area contributed by atoms with Crippen LogP contribution < -0.4 is 4.90 Å². The molecule has 3 rings (SSSR count). The summed E-state index contributed by atoms with van der Waals surface area (Å²) in [7, 11) is 0. The van der Waals surface area contributed by atoms with Crippen LogP contribution in [0.15, 0.2) is 66.7 Å². The summed E-state index contributed by atoms with van der Waals surface area (Å²) in [5.41, 5.74) is 9.12. The second kappa shape index (κ2) is 7.71. The zero-order chi connectivity index (χ0) is 21.4. The van der Waals surface area contributed by atoms with Crippen molar-refractivity contribution in [1.82, 2.24) is 0 Å². The quantitative estimate of drug-likeness (QED) is 0.441. The molecule has 0 saturated carbocycles. The molecular formula is C28H35N. The van der Waals surface area contributed by atoms with Gasteiger partial charge in [-0.2, -0.15) is 0 Å². The van der Waals surface area contributed by atoms with Crippen LogP contribution in [-0.2, 0) is 0 Å². The lowest BCUT2D eigenvalue weighted by Gasteiger charge is -2.49. The lowest BCUT2D eigenvalue weighted by molar-refractivity contribution is 0.381. The van der Waals surface area contributed by atoms with E-state index in [1.807, 2.05) is 0 Å². The summed E-state index contributed by atoms with van der Waals surface area (Å²) in [6.45, 7) is 18.4. The molecule has 152 valence electrons. The van der Waals surface area contributed by atoms with Crippen LogP contribution in [0, 0.1) is 13.8 Å². The molecule has 0 radical (unpaired) electrons. The SMILES string of the molecule is Cc1cc(C)c(-c2ccccc2)c(N(C(C)(C)C)C(C)(C)C)c1-c1ccccc1. The molecule has 3 aromatic rings. The van der Waals surface area contributed by atoms with E-state index in [1.165, 1.54) is 39.1 Å². The van der Waals surface area contributed by atoms with E-state index >= 15 is 0 Å². The van der Waals surface area contributed by atoms with Gasteiger partial charge in [-0.1, -0.05) is 66.7 Å². The van der Waals surface area contributed by atoms with Gasteiger partial charge < -0.3 is 4.90 Å². The second-order valence-corrected chi connectivity index (χ2v) is 10.0. The summed E-state index contributed by atoms with van der Waals surface area (Å²) in [6, 6.07) is 24.0. The van der Waals surface area contributed by atoms with Gasteiger partial charge in [0.05, 0.1) is 5.69 Å². The highest BCUT2D eigenvalue weighted by atomic mass is 15.2. The van der Waals surface area contributed by atoms with Crippen LogP contribution in [0.1, 0.15) is 52.7 Å². The van der Waals surface area contributed by atoms with E-state index in [2.05, 4.69) is 127 Å². The molecule has 0 N–H and O–H groups in total. The summed E-state index contributed by atoms with van der Waals surface area (Å²) < 4.78 is 0. The molecule has 1 heteroatoms. The van der Waals surface area contributed by atoms with Crippen LogP contribution in [-0.4, -0.2) is 11.1 Å². The van der Waals surface area contributed by atoms with Gasteiger partial charge in [-0.15, -0.1) is 0 Å². The molecule has 3 aromatic carbocycles. The van der Waals surface area contributed by atoms with Crippen molar-refractivity contribution in [2.75, 3.05) is 4.90 Å². The largest absolute Gasteiger partial charge is 0.361 e. The van der Waals surface area contributed by atoms with E-state index in [4.69, 9.17) is 0 Å². The minimum absolute atomic E-state index is 0.0362. The van der Waals surface area contributed by atoms with Crippen molar-refractivity contribution in [1.29, 1.82) is 0 Å². The number of benzene rings is 3. The van der Waals surface area contributed by atoms with Crippen molar-refractivity contribution >= 4 is 5.69 Å². The summed E-state index contributed by atoms with van der Waals surface area (Å²) in [6.07, 6.45) is 0. The van der Waals surface area contributed by atoms with Crippen LogP contribution in [0.5, 0.6) is 0 Å². The van der Waals surface area contributed by atoms with Crippen molar-refractivity contribution in [2.24, 2.45) is 0 Å². The molecule has 29 heavy (non-hydrogen) atoms. The molecule has 0 heterocycles. The van der Waals surface area contributed by atoms with Gasteiger partial charge in [0, 0.05) is 22.2 Å². The topological polar surface area (TPSA) is 3.24 Å². The summed E-state index contributed by atoms with van der Waals surface area (Å²) in [4.78, 5) is 2.62. The maximum absolute atomic E-state index is 2.62. The van der Waals surface area contributed by atoms with E-state index in [0.29, 0.717) is 0 Å². The van der Waals surface area contributed by atoms with E-state index in [9.17, 15) is 0 Å². The standard InChI is InChI=1S/C28H35N/c1-20-19-21(2)25(23-17-13-10-14-18-23)26(24(20)22-15-11-9-12-16-22)29(27(3,4)5)28(6,7)8/h9-19H,1-8H3. The number of aryl methyl sites for hydroxylation is 2. The third kappa shape index (κ3) is 4.24. The molecule has 0 fully saturated rings. The molecule has 0 bridgehead atoms. The Kier molecular flexibility index (Phi) is 5.63. The Labute approximate surface area is 177 Å². The minimum atomic E-state index is -0.0362. The third-order valence-corrected chi connectivity index (χ3v) is 5.39. The molecule has 0 aliphatic carbocycles. The smallest absolute Gasteiger partial charge is 0.0539 e. The van der Waals surface area contributed by atoms with Crippen LogP contribution in [0.4, 0.5) is 5.69 Å².